The van der Waals surface area contributed by atoms with Crippen molar-refractivity contribution in [2.75, 3.05) is 26.2 Å². The summed E-state index contributed by atoms with van der Waals surface area (Å²) in [5, 5.41) is 11.0. The molecule has 1 amide bonds. The fourth-order valence-corrected chi connectivity index (χ4v) is 8.75. The summed E-state index contributed by atoms with van der Waals surface area (Å²) >= 11 is 0. The van der Waals surface area contributed by atoms with Gasteiger partial charge in [-0.15, -0.1) is 0 Å². The van der Waals surface area contributed by atoms with E-state index in [1.54, 1.807) is 12.1 Å². The highest BCUT2D eigenvalue weighted by atomic mass is 32.2. The molecule has 0 spiro atoms. The van der Waals surface area contributed by atoms with Gasteiger partial charge in [-0.3, -0.25) is 4.79 Å². The van der Waals surface area contributed by atoms with Gasteiger partial charge in [0.25, 0.3) is 0 Å². The smallest absolute Gasteiger partial charge is 0.243 e. The zero-order valence-electron chi connectivity index (χ0n) is 18.6. The highest BCUT2D eigenvalue weighted by Crippen LogP contribution is 2.62. The Hall–Kier alpha value is -1.44. The number of nitrogens with zero attached hydrogens (tertiary/aromatic N) is 2. The van der Waals surface area contributed by atoms with Crippen molar-refractivity contribution in [2.24, 2.45) is 17.3 Å². The molecule has 7 heteroatoms. The van der Waals surface area contributed by atoms with Crippen LogP contribution in [0.4, 0.5) is 0 Å². The largest absolute Gasteiger partial charge is 0.390 e. The van der Waals surface area contributed by atoms with E-state index in [4.69, 9.17) is 0 Å². The van der Waals surface area contributed by atoms with Crippen molar-refractivity contribution in [3.8, 4) is 0 Å². The zero-order valence-corrected chi connectivity index (χ0v) is 19.5. The number of aliphatic hydroxyl groups is 1. The molecule has 1 saturated heterocycles. The molecule has 5 fully saturated rings. The van der Waals surface area contributed by atoms with Crippen LogP contribution in [0.2, 0.25) is 0 Å². The van der Waals surface area contributed by atoms with Crippen LogP contribution in [0.1, 0.15) is 56.1 Å². The van der Waals surface area contributed by atoms with E-state index in [2.05, 4.69) is 0 Å². The van der Waals surface area contributed by atoms with E-state index >= 15 is 0 Å². The Balaban J connectivity index is 1.23. The maximum absolute atomic E-state index is 13.2. The molecule has 1 aliphatic heterocycles. The Kier molecular flexibility index (Phi) is 5.03. The highest BCUT2D eigenvalue weighted by Gasteiger charge is 2.57. The van der Waals surface area contributed by atoms with Crippen molar-refractivity contribution in [3.05, 3.63) is 29.3 Å². The summed E-state index contributed by atoms with van der Waals surface area (Å²) in [6.07, 6.45) is 6.44. The van der Waals surface area contributed by atoms with Crippen molar-refractivity contribution >= 4 is 15.9 Å². The quantitative estimate of drug-likeness (QED) is 0.772. The number of rotatable bonds is 4. The minimum absolute atomic E-state index is 0.0431. The molecular formula is C24H34N2O4S. The predicted octanol–water partition coefficient (Wildman–Crippen LogP) is 2.86. The molecule has 6 nitrogen and oxygen atoms in total. The van der Waals surface area contributed by atoms with Crippen LogP contribution in [0, 0.1) is 31.1 Å². The monoisotopic (exact) mass is 446 g/mol. The summed E-state index contributed by atoms with van der Waals surface area (Å²) in [6.45, 7) is 5.45. The Morgan fingerprint density at radius 1 is 1.03 bits per heavy atom. The highest BCUT2D eigenvalue weighted by molar-refractivity contribution is 7.89. The number of benzene rings is 1. The fourth-order valence-electron chi connectivity index (χ4n) is 7.24. The molecule has 2 unspecified atom stereocenters. The van der Waals surface area contributed by atoms with Crippen molar-refractivity contribution in [1.29, 1.82) is 0 Å². The topological polar surface area (TPSA) is 77.9 Å². The molecule has 1 aromatic carbocycles. The SMILES string of the molecule is Cc1ccc(S(=O)(=O)N2CCN(C(=O)CC34CC5CC(CC(O)(C5)C3)C4)CC2)cc1C. The van der Waals surface area contributed by atoms with Crippen molar-refractivity contribution in [1.82, 2.24) is 9.21 Å². The molecule has 4 saturated carbocycles. The number of amides is 1. The van der Waals surface area contributed by atoms with Crippen LogP contribution in [0.5, 0.6) is 0 Å². The van der Waals surface area contributed by atoms with Gasteiger partial charge in [0.15, 0.2) is 0 Å². The lowest BCUT2D eigenvalue weighted by molar-refractivity contribution is -0.172. The Morgan fingerprint density at radius 2 is 1.68 bits per heavy atom. The van der Waals surface area contributed by atoms with Gasteiger partial charge >= 0.3 is 0 Å². The molecule has 0 aromatic heterocycles. The molecule has 1 N–H and O–H groups in total. The van der Waals surface area contributed by atoms with Crippen LogP contribution in [0.25, 0.3) is 0 Å². The van der Waals surface area contributed by atoms with Gasteiger partial charge in [0, 0.05) is 32.6 Å². The lowest BCUT2D eigenvalue weighted by atomic mass is 9.47. The number of hydrogen-bond donors (Lipinski definition) is 1. The molecule has 4 bridgehead atoms. The van der Waals surface area contributed by atoms with Crippen LogP contribution in [0.3, 0.4) is 0 Å². The number of sulfonamides is 1. The number of piperazine rings is 1. The number of aryl methyl sites for hydroxylation is 2. The van der Waals surface area contributed by atoms with Gasteiger partial charge in [-0.25, -0.2) is 8.42 Å². The van der Waals surface area contributed by atoms with E-state index in [1.165, 1.54) is 10.7 Å². The number of carbonyl (C=O) groups excluding carboxylic acids is 1. The molecule has 1 aromatic rings. The van der Waals surface area contributed by atoms with Crippen molar-refractivity contribution in [3.63, 3.8) is 0 Å². The predicted molar refractivity (Wildman–Crippen MR) is 118 cm³/mol. The molecule has 4 aliphatic carbocycles. The third kappa shape index (κ3) is 3.83. The summed E-state index contributed by atoms with van der Waals surface area (Å²) in [5.41, 5.74) is 1.44. The molecule has 31 heavy (non-hydrogen) atoms. The third-order valence-corrected chi connectivity index (χ3v) is 10.3. The van der Waals surface area contributed by atoms with E-state index in [-0.39, 0.29) is 11.3 Å². The first kappa shape index (κ1) is 21.4. The summed E-state index contributed by atoms with van der Waals surface area (Å²) < 4.78 is 27.6. The summed E-state index contributed by atoms with van der Waals surface area (Å²) in [7, 11) is -3.54. The van der Waals surface area contributed by atoms with Gasteiger partial charge in [-0.2, -0.15) is 4.31 Å². The first-order valence-corrected chi connectivity index (χ1v) is 13.1. The summed E-state index contributed by atoms with van der Waals surface area (Å²) in [5.74, 6) is 1.27. The average molecular weight is 447 g/mol. The fraction of sp³-hybridized carbons (Fsp3) is 0.708. The van der Waals surface area contributed by atoms with Crippen LogP contribution < -0.4 is 0 Å². The standard InChI is InChI=1S/C24H34N2O4S/c1-17-3-4-21(9-18(17)2)31(29,30)26-7-5-25(6-8-26)22(27)15-23-11-19-10-20(12-23)14-24(28,13-19)16-23/h3-4,9,19-20,28H,5-8,10-16H2,1-2H3. The van der Waals surface area contributed by atoms with Gasteiger partial charge < -0.3 is 10.0 Å². The summed E-state index contributed by atoms with van der Waals surface area (Å²) in [6, 6.07) is 5.26. The Morgan fingerprint density at radius 3 is 2.26 bits per heavy atom. The minimum atomic E-state index is -3.54. The van der Waals surface area contributed by atoms with Crippen LogP contribution in [0.15, 0.2) is 23.1 Å². The van der Waals surface area contributed by atoms with E-state index in [1.807, 2.05) is 24.8 Å². The van der Waals surface area contributed by atoms with Crippen LogP contribution in [-0.4, -0.2) is 60.4 Å². The second-order valence-electron chi connectivity index (χ2n) is 10.9. The molecule has 0 radical (unpaired) electrons. The van der Waals surface area contributed by atoms with Gasteiger partial charge in [-0.1, -0.05) is 6.07 Å². The molecular weight excluding hydrogens is 412 g/mol. The van der Waals surface area contributed by atoms with Gasteiger partial charge in [-0.05, 0) is 92.9 Å². The first-order valence-electron chi connectivity index (χ1n) is 11.7. The summed E-state index contributed by atoms with van der Waals surface area (Å²) in [4.78, 5) is 15.3. The van der Waals surface area contributed by atoms with Gasteiger partial charge in [0.1, 0.15) is 0 Å². The van der Waals surface area contributed by atoms with Gasteiger partial charge in [0.2, 0.25) is 15.9 Å². The molecule has 1 heterocycles. The maximum atomic E-state index is 13.2. The van der Waals surface area contributed by atoms with E-state index < -0.39 is 15.6 Å². The molecule has 2 atom stereocenters. The van der Waals surface area contributed by atoms with Crippen molar-refractivity contribution < 1.29 is 18.3 Å². The second kappa shape index (κ2) is 7.29. The average Bonchev–Trinajstić information content (AvgIpc) is 2.67. The lowest BCUT2D eigenvalue weighted by Gasteiger charge is -2.60. The first-order chi connectivity index (χ1) is 14.6. The van der Waals surface area contributed by atoms with Crippen molar-refractivity contribution in [2.45, 2.75) is 69.3 Å². The van der Waals surface area contributed by atoms with E-state index in [9.17, 15) is 18.3 Å². The minimum Gasteiger partial charge on any atom is -0.390 e. The zero-order chi connectivity index (χ0) is 22.0. The van der Waals surface area contributed by atoms with Crippen LogP contribution in [-0.2, 0) is 14.8 Å². The Labute approximate surface area is 185 Å². The normalized spacial score (nSPS) is 35.5. The Bertz CT molecular complexity index is 983. The lowest BCUT2D eigenvalue weighted by Crippen LogP contribution is -2.57. The number of hydrogen-bond acceptors (Lipinski definition) is 4. The van der Waals surface area contributed by atoms with E-state index in [0.717, 1.165) is 43.2 Å². The molecule has 5 aliphatic rings. The maximum Gasteiger partial charge on any atom is 0.243 e. The number of carbonyl (C=O) groups is 1. The second-order valence-corrected chi connectivity index (χ2v) is 12.8. The molecule has 170 valence electrons. The third-order valence-electron chi connectivity index (χ3n) is 8.39. The van der Waals surface area contributed by atoms with Crippen LogP contribution >= 0.6 is 0 Å². The molecule has 6 rings (SSSR count). The van der Waals surface area contributed by atoms with E-state index in [0.29, 0.717) is 49.3 Å². The van der Waals surface area contributed by atoms with Gasteiger partial charge in [0.05, 0.1) is 10.5 Å².